The third kappa shape index (κ3) is 3.37. The molecule has 6 rings (SSSR count). The van der Waals surface area contributed by atoms with Crippen LogP contribution >= 0.6 is 11.6 Å². The second-order valence-electron chi connectivity index (χ2n) is 9.79. The zero-order valence-electron chi connectivity index (χ0n) is 19.7. The van der Waals surface area contributed by atoms with Crippen LogP contribution in [0.2, 0.25) is 5.02 Å². The van der Waals surface area contributed by atoms with Crippen molar-refractivity contribution in [3.8, 4) is 0 Å². The van der Waals surface area contributed by atoms with E-state index < -0.39 is 5.54 Å². The van der Waals surface area contributed by atoms with E-state index in [4.69, 9.17) is 11.6 Å². The van der Waals surface area contributed by atoms with Gasteiger partial charge in [-0.25, -0.2) is 0 Å². The van der Waals surface area contributed by atoms with Crippen molar-refractivity contribution in [1.82, 2.24) is 14.8 Å². The highest BCUT2D eigenvalue weighted by molar-refractivity contribution is 6.30. The van der Waals surface area contributed by atoms with Crippen LogP contribution in [0.3, 0.4) is 0 Å². The number of rotatable bonds is 3. The average Bonchev–Trinajstić information content (AvgIpc) is 3.25. The maximum Gasteiger partial charge on any atom is 0.255 e. The van der Waals surface area contributed by atoms with Gasteiger partial charge in [-0.2, -0.15) is 0 Å². The Labute approximate surface area is 209 Å². The fraction of sp³-hybridized carbons (Fsp3) is 0.241. The zero-order chi connectivity index (χ0) is 24.3. The maximum absolute atomic E-state index is 14.1. The van der Waals surface area contributed by atoms with E-state index in [1.165, 1.54) is 0 Å². The van der Waals surface area contributed by atoms with Crippen LogP contribution in [0.25, 0.3) is 10.9 Å². The summed E-state index contributed by atoms with van der Waals surface area (Å²) in [6.45, 7) is 4.85. The molecule has 2 atom stereocenters. The molecule has 0 bridgehead atoms. The van der Waals surface area contributed by atoms with Gasteiger partial charge in [0.2, 0.25) is 5.91 Å². The third-order valence-corrected chi connectivity index (χ3v) is 7.84. The van der Waals surface area contributed by atoms with Crippen LogP contribution in [-0.2, 0) is 21.7 Å². The molecule has 0 aliphatic carbocycles. The summed E-state index contributed by atoms with van der Waals surface area (Å²) >= 11 is 6.17. The van der Waals surface area contributed by atoms with Gasteiger partial charge in [-0.15, -0.1) is 0 Å². The molecule has 3 heterocycles. The molecular weight excluding hydrogens is 458 g/mol. The number of fused-ring (bicyclic) bond motifs is 5. The van der Waals surface area contributed by atoms with Gasteiger partial charge in [0.25, 0.3) is 5.91 Å². The maximum atomic E-state index is 14.1. The SMILES string of the molecule is Cc1ccc(CN2CC(=O)N3C[C@H](c4ccc(Cl)cc4)c4c([nH]c5ccccc45)[C@@]3(C)C2=O)cc1. The molecule has 0 unspecified atom stereocenters. The van der Waals surface area contributed by atoms with E-state index >= 15 is 0 Å². The van der Waals surface area contributed by atoms with Gasteiger partial charge in [-0.1, -0.05) is 71.8 Å². The number of H-pyrrole nitrogens is 1. The van der Waals surface area contributed by atoms with Crippen LogP contribution in [0.5, 0.6) is 0 Å². The summed E-state index contributed by atoms with van der Waals surface area (Å²) in [4.78, 5) is 34.7. The lowest BCUT2D eigenvalue weighted by molar-refractivity contribution is -0.166. The molecule has 2 amide bonds. The minimum atomic E-state index is -1.10. The minimum Gasteiger partial charge on any atom is -0.356 e. The van der Waals surface area contributed by atoms with E-state index in [2.05, 4.69) is 11.1 Å². The van der Waals surface area contributed by atoms with Crippen LogP contribution in [0.15, 0.2) is 72.8 Å². The Balaban J connectivity index is 1.49. The van der Waals surface area contributed by atoms with Crippen molar-refractivity contribution < 1.29 is 9.59 Å². The molecule has 1 saturated heterocycles. The van der Waals surface area contributed by atoms with Gasteiger partial charge < -0.3 is 14.8 Å². The highest BCUT2D eigenvalue weighted by atomic mass is 35.5. The van der Waals surface area contributed by atoms with Gasteiger partial charge >= 0.3 is 0 Å². The molecular formula is C29H26ClN3O2. The number of amides is 2. The summed E-state index contributed by atoms with van der Waals surface area (Å²) < 4.78 is 0. The summed E-state index contributed by atoms with van der Waals surface area (Å²) in [7, 11) is 0. The predicted octanol–water partition coefficient (Wildman–Crippen LogP) is 5.36. The molecule has 0 spiro atoms. The van der Waals surface area contributed by atoms with Crippen LogP contribution < -0.4 is 0 Å². The molecule has 5 nitrogen and oxygen atoms in total. The number of hydrogen-bond acceptors (Lipinski definition) is 2. The van der Waals surface area contributed by atoms with E-state index in [-0.39, 0.29) is 24.3 Å². The highest BCUT2D eigenvalue weighted by Crippen LogP contribution is 2.48. The number of halogens is 1. The molecule has 3 aromatic carbocycles. The number of benzene rings is 3. The fourth-order valence-corrected chi connectivity index (χ4v) is 5.84. The van der Waals surface area contributed by atoms with Crippen LogP contribution in [0.1, 0.15) is 40.8 Å². The number of para-hydroxylation sites is 1. The van der Waals surface area contributed by atoms with Crippen molar-refractivity contribution in [3.63, 3.8) is 0 Å². The summed E-state index contributed by atoms with van der Waals surface area (Å²) in [5, 5.41) is 1.75. The fourth-order valence-electron chi connectivity index (χ4n) is 5.71. The summed E-state index contributed by atoms with van der Waals surface area (Å²) in [6, 6.07) is 24.0. The average molecular weight is 484 g/mol. The van der Waals surface area contributed by atoms with E-state index in [1.807, 2.05) is 80.6 Å². The quantitative estimate of drug-likeness (QED) is 0.426. The van der Waals surface area contributed by atoms with Crippen molar-refractivity contribution in [3.05, 3.63) is 106 Å². The Morgan fingerprint density at radius 3 is 2.46 bits per heavy atom. The monoisotopic (exact) mass is 483 g/mol. The van der Waals surface area contributed by atoms with Crippen LogP contribution in [0.4, 0.5) is 0 Å². The van der Waals surface area contributed by atoms with Gasteiger partial charge in [-0.3, -0.25) is 9.59 Å². The summed E-state index contributed by atoms with van der Waals surface area (Å²) in [5.74, 6) is -0.158. The normalized spacial score (nSPS) is 21.9. The number of nitrogens with zero attached hydrogens (tertiary/aromatic N) is 2. The summed E-state index contributed by atoms with van der Waals surface area (Å²) in [6.07, 6.45) is 0. The second-order valence-corrected chi connectivity index (χ2v) is 10.2. The van der Waals surface area contributed by atoms with Gasteiger partial charge in [0, 0.05) is 34.9 Å². The van der Waals surface area contributed by atoms with Gasteiger partial charge in [-0.05, 0) is 48.7 Å². The Hall–Kier alpha value is -3.57. The van der Waals surface area contributed by atoms with E-state index in [9.17, 15) is 9.59 Å². The smallest absolute Gasteiger partial charge is 0.255 e. The lowest BCUT2D eigenvalue weighted by atomic mass is 9.76. The van der Waals surface area contributed by atoms with Crippen molar-refractivity contribution in [2.24, 2.45) is 0 Å². The molecule has 176 valence electrons. The zero-order valence-corrected chi connectivity index (χ0v) is 20.5. The third-order valence-electron chi connectivity index (χ3n) is 7.58. The lowest BCUT2D eigenvalue weighted by Gasteiger charge is -2.51. The van der Waals surface area contributed by atoms with E-state index in [0.717, 1.165) is 38.9 Å². The number of nitrogens with one attached hydrogen (secondary N) is 1. The molecule has 0 saturated carbocycles. The first kappa shape index (κ1) is 21.9. The number of aryl methyl sites for hydroxylation is 1. The highest BCUT2D eigenvalue weighted by Gasteiger charge is 2.56. The molecule has 1 N–H and O–H groups in total. The molecule has 2 aliphatic rings. The molecule has 0 radical (unpaired) electrons. The number of carbonyl (C=O) groups excluding carboxylic acids is 2. The van der Waals surface area contributed by atoms with Gasteiger partial charge in [0.05, 0.1) is 5.69 Å². The Kier molecular flexibility index (Phi) is 5.01. The molecule has 4 aromatic rings. The van der Waals surface area contributed by atoms with Crippen molar-refractivity contribution in [2.75, 3.05) is 13.1 Å². The Morgan fingerprint density at radius 1 is 1.00 bits per heavy atom. The minimum absolute atomic E-state index is 0.0394. The predicted molar refractivity (Wildman–Crippen MR) is 137 cm³/mol. The number of carbonyl (C=O) groups is 2. The Morgan fingerprint density at radius 2 is 1.71 bits per heavy atom. The number of aromatic nitrogens is 1. The second kappa shape index (κ2) is 7.99. The first-order valence-electron chi connectivity index (χ1n) is 11.9. The summed E-state index contributed by atoms with van der Waals surface area (Å²) in [5.41, 5.74) is 5.01. The Bertz CT molecular complexity index is 1460. The number of piperazine rings is 1. The van der Waals surface area contributed by atoms with Crippen LogP contribution in [0, 0.1) is 6.92 Å². The van der Waals surface area contributed by atoms with Crippen LogP contribution in [-0.4, -0.2) is 39.7 Å². The van der Waals surface area contributed by atoms with Crippen molar-refractivity contribution in [1.29, 1.82) is 0 Å². The van der Waals surface area contributed by atoms with Crippen molar-refractivity contribution >= 4 is 34.3 Å². The molecule has 1 fully saturated rings. The molecule has 35 heavy (non-hydrogen) atoms. The molecule has 1 aromatic heterocycles. The topological polar surface area (TPSA) is 56.4 Å². The van der Waals surface area contributed by atoms with E-state index in [1.54, 1.807) is 9.80 Å². The number of aromatic amines is 1. The molecule has 6 heteroatoms. The lowest BCUT2D eigenvalue weighted by Crippen LogP contribution is -2.67. The first-order valence-corrected chi connectivity index (χ1v) is 12.3. The number of hydrogen-bond donors (Lipinski definition) is 1. The largest absolute Gasteiger partial charge is 0.356 e. The molecule has 2 aliphatic heterocycles. The van der Waals surface area contributed by atoms with Gasteiger partial charge in [0.15, 0.2) is 5.54 Å². The van der Waals surface area contributed by atoms with E-state index in [0.29, 0.717) is 18.1 Å². The van der Waals surface area contributed by atoms with Crippen molar-refractivity contribution in [2.45, 2.75) is 31.8 Å². The van der Waals surface area contributed by atoms with Gasteiger partial charge in [0.1, 0.15) is 6.54 Å². The standard InChI is InChI=1S/C29H26ClN3O2/c1-18-7-9-19(10-8-18)15-32-17-25(34)33-16-23(20-11-13-21(30)14-12-20)26-22-5-3-4-6-24(22)31-27(26)29(33,2)28(32)35/h3-14,23,31H,15-17H2,1-2H3/t23-,29+/m1/s1. The first-order chi connectivity index (χ1) is 16.9.